The van der Waals surface area contributed by atoms with Crippen molar-refractivity contribution in [1.29, 1.82) is 0 Å². The number of hydrogen-bond acceptors (Lipinski definition) is 2. The fourth-order valence-corrected chi connectivity index (χ4v) is 3.51. The number of amides is 1. The lowest BCUT2D eigenvalue weighted by atomic mass is 10.1. The van der Waals surface area contributed by atoms with Crippen molar-refractivity contribution in [3.8, 4) is 5.75 Å². The zero-order valence-corrected chi connectivity index (χ0v) is 17.7. The minimum absolute atomic E-state index is 0.00933. The molecule has 5 heteroatoms. The van der Waals surface area contributed by atoms with Gasteiger partial charge in [-0.25, -0.2) is 0 Å². The van der Waals surface area contributed by atoms with Gasteiger partial charge in [0.2, 0.25) is 0 Å². The van der Waals surface area contributed by atoms with Crippen LogP contribution in [0.2, 0.25) is 5.02 Å². The van der Waals surface area contributed by atoms with Gasteiger partial charge in [-0.2, -0.15) is 0 Å². The maximum absolute atomic E-state index is 13.1. The SMILES string of the molecule is CCCCN(Cc1cccn1Cc1cccc(OC)c1)C(=O)c1cccc(Cl)c1. The van der Waals surface area contributed by atoms with E-state index in [1.807, 2.05) is 41.3 Å². The van der Waals surface area contributed by atoms with E-state index in [2.05, 4.69) is 29.8 Å². The van der Waals surface area contributed by atoms with Gasteiger partial charge in [0.15, 0.2) is 0 Å². The largest absolute Gasteiger partial charge is 0.497 e. The van der Waals surface area contributed by atoms with Crippen LogP contribution in [-0.4, -0.2) is 29.0 Å². The van der Waals surface area contributed by atoms with E-state index in [0.717, 1.165) is 36.4 Å². The molecule has 3 aromatic rings. The van der Waals surface area contributed by atoms with Crippen molar-refractivity contribution in [3.63, 3.8) is 0 Å². The summed E-state index contributed by atoms with van der Waals surface area (Å²) in [6, 6.07) is 19.3. The molecule has 29 heavy (non-hydrogen) atoms. The fourth-order valence-electron chi connectivity index (χ4n) is 3.32. The third-order valence-corrected chi connectivity index (χ3v) is 5.14. The molecule has 0 radical (unpaired) electrons. The Labute approximate surface area is 177 Å². The normalized spacial score (nSPS) is 10.7. The molecular weight excluding hydrogens is 384 g/mol. The van der Waals surface area contributed by atoms with Crippen molar-refractivity contribution < 1.29 is 9.53 Å². The van der Waals surface area contributed by atoms with Gasteiger partial charge in [-0.1, -0.05) is 43.1 Å². The molecule has 2 aromatic carbocycles. The van der Waals surface area contributed by atoms with Gasteiger partial charge in [0.1, 0.15) is 5.75 Å². The quantitative estimate of drug-likeness (QED) is 0.457. The Morgan fingerprint density at radius 2 is 1.93 bits per heavy atom. The molecule has 0 spiro atoms. The highest BCUT2D eigenvalue weighted by Gasteiger charge is 2.17. The number of carbonyl (C=O) groups excluding carboxylic acids is 1. The number of unbranched alkanes of at least 4 members (excludes halogenated alkanes) is 1. The molecule has 0 aliphatic carbocycles. The summed E-state index contributed by atoms with van der Waals surface area (Å²) in [5.41, 5.74) is 2.88. The number of halogens is 1. The van der Waals surface area contributed by atoms with Crippen molar-refractivity contribution in [2.24, 2.45) is 0 Å². The van der Waals surface area contributed by atoms with Crippen LogP contribution in [-0.2, 0) is 13.1 Å². The van der Waals surface area contributed by atoms with Gasteiger partial charge >= 0.3 is 0 Å². The lowest BCUT2D eigenvalue weighted by Crippen LogP contribution is -2.32. The van der Waals surface area contributed by atoms with Gasteiger partial charge in [-0.3, -0.25) is 4.79 Å². The second-order valence-electron chi connectivity index (χ2n) is 7.07. The topological polar surface area (TPSA) is 34.5 Å². The molecule has 0 saturated heterocycles. The van der Waals surface area contributed by atoms with E-state index in [9.17, 15) is 4.79 Å². The molecule has 1 aromatic heterocycles. The highest BCUT2D eigenvalue weighted by atomic mass is 35.5. The summed E-state index contributed by atoms with van der Waals surface area (Å²) in [5.74, 6) is 0.854. The summed E-state index contributed by atoms with van der Waals surface area (Å²) in [5, 5.41) is 0.577. The third kappa shape index (κ3) is 5.64. The zero-order chi connectivity index (χ0) is 20.6. The van der Waals surface area contributed by atoms with E-state index < -0.39 is 0 Å². The van der Waals surface area contributed by atoms with Crippen LogP contribution in [0.25, 0.3) is 0 Å². The van der Waals surface area contributed by atoms with Crippen molar-refractivity contribution in [1.82, 2.24) is 9.47 Å². The molecule has 152 valence electrons. The lowest BCUT2D eigenvalue weighted by molar-refractivity contribution is 0.0737. The maximum atomic E-state index is 13.1. The van der Waals surface area contributed by atoms with Gasteiger partial charge in [-0.05, 0) is 54.4 Å². The standard InChI is InChI=1S/C24H27ClN2O2/c1-3-4-13-27(24(28)20-9-6-10-21(25)16-20)18-22-11-7-14-26(22)17-19-8-5-12-23(15-19)29-2/h5-12,14-16H,3-4,13,17-18H2,1-2H3. The van der Waals surface area contributed by atoms with Crippen LogP contribution in [0.15, 0.2) is 66.9 Å². The van der Waals surface area contributed by atoms with Crippen LogP contribution in [0, 0.1) is 0 Å². The highest BCUT2D eigenvalue weighted by molar-refractivity contribution is 6.30. The Balaban J connectivity index is 1.79. The Bertz CT molecular complexity index is 951. The minimum atomic E-state index is 0.00933. The molecule has 1 heterocycles. The second kappa shape index (κ2) is 10.2. The summed E-state index contributed by atoms with van der Waals surface area (Å²) in [4.78, 5) is 15.0. The summed E-state index contributed by atoms with van der Waals surface area (Å²) in [6.07, 6.45) is 4.05. The summed E-state index contributed by atoms with van der Waals surface area (Å²) in [6.45, 7) is 4.13. The second-order valence-corrected chi connectivity index (χ2v) is 7.51. The molecule has 0 saturated carbocycles. The average Bonchev–Trinajstić information content (AvgIpc) is 3.17. The van der Waals surface area contributed by atoms with Gasteiger partial charge < -0.3 is 14.2 Å². The van der Waals surface area contributed by atoms with Crippen molar-refractivity contribution in [2.45, 2.75) is 32.9 Å². The number of aromatic nitrogens is 1. The van der Waals surface area contributed by atoms with Gasteiger partial charge in [0, 0.05) is 35.6 Å². The minimum Gasteiger partial charge on any atom is -0.497 e. The van der Waals surface area contributed by atoms with E-state index >= 15 is 0 Å². The van der Waals surface area contributed by atoms with E-state index in [1.165, 1.54) is 0 Å². The van der Waals surface area contributed by atoms with Crippen molar-refractivity contribution >= 4 is 17.5 Å². The molecule has 0 N–H and O–H groups in total. The van der Waals surface area contributed by atoms with Crippen LogP contribution in [0.4, 0.5) is 0 Å². The summed E-state index contributed by atoms with van der Waals surface area (Å²) < 4.78 is 7.51. The van der Waals surface area contributed by atoms with Crippen molar-refractivity contribution in [3.05, 3.63) is 88.7 Å². The molecule has 0 fully saturated rings. The molecular formula is C24H27ClN2O2. The molecule has 0 aliphatic heterocycles. The summed E-state index contributed by atoms with van der Waals surface area (Å²) in [7, 11) is 1.67. The molecule has 4 nitrogen and oxygen atoms in total. The number of hydrogen-bond donors (Lipinski definition) is 0. The predicted octanol–water partition coefficient (Wildman–Crippen LogP) is 5.64. The van der Waals surface area contributed by atoms with Crippen molar-refractivity contribution in [2.75, 3.05) is 13.7 Å². The first-order chi connectivity index (χ1) is 14.1. The monoisotopic (exact) mass is 410 g/mol. The molecule has 0 bridgehead atoms. The Kier molecular flexibility index (Phi) is 7.36. The Hall–Kier alpha value is -2.72. The zero-order valence-electron chi connectivity index (χ0n) is 17.0. The van der Waals surface area contributed by atoms with E-state index in [-0.39, 0.29) is 5.91 Å². The first-order valence-corrected chi connectivity index (χ1v) is 10.3. The average molecular weight is 411 g/mol. The number of carbonyl (C=O) groups is 1. The Morgan fingerprint density at radius 1 is 1.10 bits per heavy atom. The van der Waals surface area contributed by atoms with Crippen LogP contribution in [0.5, 0.6) is 5.75 Å². The van der Waals surface area contributed by atoms with Crippen LogP contribution in [0.1, 0.15) is 41.4 Å². The highest BCUT2D eigenvalue weighted by Crippen LogP contribution is 2.18. The van der Waals surface area contributed by atoms with E-state index in [0.29, 0.717) is 23.7 Å². The third-order valence-electron chi connectivity index (χ3n) is 4.90. The number of benzene rings is 2. The van der Waals surface area contributed by atoms with Gasteiger partial charge in [-0.15, -0.1) is 0 Å². The van der Waals surface area contributed by atoms with Crippen LogP contribution in [0.3, 0.4) is 0 Å². The lowest BCUT2D eigenvalue weighted by Gasteiger charge is -2.24. The number of rotatable bonds is 9. The van der Waals surface area contributed by atoms with Gasteiger partial charge in [0.25, 0.3) is 5.91 Å². The predicted molar refractivity (Wildman–Crippen MR) is 118 cm³/mol. The molecule has 0 atom stereocenters. The molecule has 0 unspecified atom stereocenters. The molecule has 1 amide bonds. The van der Waals surface area contributed by atoms with Crippen LogP contribution >= 0.6 is 11.6 Å². The smallest absolute Gasteiger partial charge is 0.254 e. The van der Waals surface area contributed by atoms with Crippen LogP contribution < -0.4 is 4.74 Å². The fraction of sp³-hybridized carbons (Fsp3) is 0.292. The number of methoxy groups -OCH3 is 1. The molecule has 3 rings (SSSR count). The maximum Gasteiger partial charge on any atom is 0.254 e. The summed E-state index contributed by atoms with van der Waals surface area (Å²) >= 11 is 6.10. The Morgan fingerprint density at radius 3 is 2.69 bits per heavy atom. The van der Waals surface area contributed by atoms with Gasteiger partial charge in [0.05, 0.1) is 13.7 Å². The number of nitrogens with zero attached hydrogens (tertiary/aromatic N) is 2. The van der Waals surface area contributed by atoms with E-state index in [4.69, 9.17) is 16.3 Å². The molecule has 0 aliphatic rings. The first-order valence-electron chi connectivity index (χ1n) is 9.92. The van der Waals surface area contributed by atoms with E-state index in [1.54, 1.807) is 19.2 Å². The first kappa shape index (κ1) is 21.0. The number of ether oxygens (including phenoxy) is 1.